The van der Waals surface area contributed by atoms with Crippen LogP contribution >= 0.6 is 0 Å². The molecular formula is C23H28N8O2. The van der Waals surface area contributed by atoms with E-state index in [9.17, 15) is 10.1 Å². The van der Waals surface area contributed by atoms with Crippen molar-refractivity contribution < 1.29 is 9.53 Å². The fourth-order valence-electron chi connectivity index (χ4n) is 4.99. The summed E-state index contributed by atoms with van der Waals surface area (Å²) in [5.74, 6) is 0. The molecule has 10 heteroatoms. The molecule has 1 saturated carbocycles. The standard InChI is InChI=1S/C23H28N8O2/c1-16(2)33-22(32)30-9-7-29(8-10-30)18-11-23(12-18,4-5-24)31-14-17(13-28-31)20-19-3-6-25-21(19)27-15-26-20/h3,6,13-16,18H,4,7-12H2,1-2H3,(H,25,26,27). The Hall–Kier alpha value is -3.45. The van der Waals surface area contributed by atoms with Crippen LogP contribution in [0.3, 0.4) is 0 Å². The lowest BCUT2D eigenvalue weighted by atomic mass is 9.70. The van der Waals surface area contributed by atoms with E-state index in [0.29, 0.717) is 25.6 Å². The molecule has 0 atom stereocenters. The second-order valence-corrected chi connectivity index (χ2v) is 9.21. The molecule has 1 N–H and O–H groups in total. The minimum absolute atomic E-state index is 0.108. The number of fused-ring (bicyclic) bond motifs is 1. The predicted molar refractivity (Wildman–Crippen MR) is 121 cm³/mol. The first-order valence-electron chi connectivity index (χ1n) is 11.4. The van der Waals surface area contributed by atoms with Crippen LogP contribution in [0.15, 0.2) is 31.0 Å². The maximum atomic E-state index is 12.2. The van der Waals surface area contributed by atoms with E-state index in [1.807, 2.05) is 43.2 Å². The van der Waals surface area contributed by atoms with Crippen molar-refractivity contribution in [2.24, 2.45) is 0 Å². The molecular weight excluding hydrogens is 420 g/mol. The zero-order valence-electron chi connectivity index (χ0n) is 18.9. The number of rotatable bonds is 5. The molecule has 1 amide bonds. The predicted octanol–water partition coefficient (Wildman–Crippen LogP) is 2.76. The molecule has 0 bridgehead atoms. The van der Waals surface area contributed by atoms with Crippen LogP contribution in [0.4, 0.5) is 4.79 Å². The Bertz CT molecular complexity index is 1180. The molecule has 4 heterocycles. The summed E-state index contributed by atoms with van der Waals surface area (Å²) in [5.41, 5.74) is 2.23. The number of hydrogen-bond donors (Lipinski definition) is 1. The topological polar surface area (TPSA) is 116 Å². The van der Waals surface area contributed by atoms with E-state index < -0.39 is 0 Å². The first-order valence-corrected chi connectivity index (χ1v) is 11.4. The lowest BCUT2D eigenvalue weighted by Crippen LogP contribution is -2.60. The number of H-pyrrole nitrogens is 1. The van der Waals surface area contributed by atoms with E-state index in [0.717, 1.165) is 48.2 Å². The summed E-state index contributed by atoms with van der Waals surface area (Å²) < 4.78 is 7.28. The monoisotopic (exact) mass is 448 g/mol. The van der Waals surface area contributed by atoms with Crippen molar-refractivity contribution in [3.8, 4) is 17.3 Å². The highest BCUT2D eigenvalue weighted by Gasteiger charge is 2.49. The number of ether oxygens (including phenoxy) is 1. The molecule has 0 aromatic carbocycles. The molecule has 3 aromatic heterocycles. The van der Waals surface area contributed by atoms with Crippen LogP contribution in [0, 0.1) is 11.3 Å². The molecule has 0 unspecified atom stereocenters. The maximum Gasteiger partial charge on any atom is 0.410 e. The molecule has 0 radical (unpaired) electrons. The number of aromatic nitrogens is 5. The van der Waals surface area contributed by atoms with Crippen LogP contribution in [0.5, 0.6) is 0 Å². The molecule has 172 valence electrons. The summed E-state index contributed by atoms with van der Waals surface area (Å²) >= 11 is 0. The van der Waals surface area contributed by atoms with Crippen molar-refractivity contribution in [2.75, 3.05) is 26.2 Å². The van der Waals surface area contributed by atoms with Crippen LogP contribution in [-0.2, 0) is 10.3 Å². The van der Waals surface area contributed by atoms with Crippen LogP contribution < -0.4 is 0 Å². The van der Waals surface area contributed by atoms with Gasteiger partial charge in [0.25, 0.3) is 0 Å². The fourth-order valence-corrected chi connectivity index (χ4v) is 4.99. The van der Waals surface area contributed by atoms with Crippen molar-refractivity contribution in [1.29, 1.82) is 5.26 Å². The van der Waals surface area contributed by atoms with Crippen molar-refractivity contribution >= 4 is 17.1 Å². The number of piperazine rings is 1. The Kier molecular flexibility index (Phi) is 5.50. The second-order valence-electron chi connectivity index (χ2n) is 9.21. The lowest BCUT2D eigenvalue weighted by molar-refractivity contribution is -0.0199. The summed E-state index contributed by atoms with van der Waals surface area (Å²) in [6.07, 6.45) is 9.02. The molecule has 3 aromatic rings. The Morgan fingerprint density at radius 1 is 1.30 bits per heavy atom. The molecule has 1 aliphatic carbocycles. The summed E-state index contributed by atoms with van der Waals surface area (Å²) in [6.45, 7) is 6.70. The molecule has 5 rings (SSSR count). The average molecular weight is 449 g/mol. The van der Waals surface area contributed by atoms with Crippen LogP contribution in [-0.4, -0.2) is 79.0 Å². The van der Waals surface area contributed by atoms with Gasteiger partial charge in [0.15, 0.2) is 0 Å². The third-order valence-electron chi connectivity index (χ3n) is 6.76. The van der Waals surface area contributed by atoms with Crippen LogP contribution in [0.1, 0.15) is 33.1 Å². The van der Waals surface area contributed by atoms with Gasteiger partial charge in [-0.3, -0.25) is 9.58 Å². The molecule has 10 nitrogen and oxygen atoms in total. The maximum absolute atomic E-state index is 12.2. The number of hydrogen-bond acceptors (Lipinski definition) is 7. The highest BCUT2D eigenvalue weighted by atomic mass is 16.6. The first-order chi connectivity index (χ1) is 16.0. The van der Waals surface area contributed by atoms with Gasteiger partial charge < -0.3 is 14.6 Å². The van der Waals surface area contributed by atoms with E-state index >= 15 is 0 Å². The lowest BCUT2D eigenvalue weighted by Gasteiger charge is -2.52. The summed E-state index contributed by atoms with van der Waals surface area (Å²) in [4.78, 5) is 28.2. The summed E-state index contributed by atoms with van der Waals surface area (Å²) in [5, 5.41) is 15.1. The van der Waals surface area contributed by atoms with E-state index in [4.69, 9.17) is 4.74 Å². The second kappa shape index (κ2) is 8.48. The zero-order chi connectivity index (χ0) is 23.0. The Labute approximate surface area is 192 Å². The number of carbonyl (C=O) groups excluding carboxylic acids is 1. The molecule has 1 aliphatic heterocycles. The average Bonchev–Trinajstić information content (AvgIpc) is 3.45. The van der Waals surface area contributed by atoms with E-state index in [1.165, 1.54) is 0 Å². The van der Waals surface area contributed by atoms with Gasteiger partial charge in [-0.2, -0.15) is 10.4 Å². The molecule has 2 fully saturated rings. The fraction of sp³-hybridized carbons (Fsp3) is 0.522. The smallest absolute Gasteiger partial charge is 0.410 e. The third kappa shape index (κ3) is 3.93. The first kappa shape index (κ1) is 21.4. The number of aromatic amines is 1. The number of nitrogens with one attached hydrogen (secondary N) is 1. The quantitative estimate of drug-likeness (QED) is 0.638. The number of amides is 1. The molecule has 1 saturated heterocycles. The largest absolute Gasteiger partial charge is 0.447 e. The molecule has 0 spiro atoms. The van der Waals surface area contributed by atoms with Crippen molar-refractivity contribution in [3.63, 3.8) is 0 Å². The summed E-state index contributed by atoms with van der Waals surface area (Å²) in [7, 11) is 0. The van der Waals surface area contributed by atoms with Gasteiger partial charge in [-0.05, 0) is 32.8 Å². The Balaban J connectivity index is 1.26. The number of nitriles is 1. The third-order valence-corrected chi connectivity index (χ3v) is 6.76. The SMILES string of the molecule is CC(C)OC(=O)N1CCN(C2CC(CC#N)(n3cc(-c4ncnc5[nH]ccc45)cn3)C2)CC1. The van der Waals surface area contributed by atoms with Gasteiger partial charge >= 0.3 is 6.09 Å². The van der Waals surface area contributed by atoms with Crippen molar-refractivity contribution in [3.05, 3.63) is 31.0 Å². The normalized spacial score (nSPS) is 23.5. The van der Waals surface area contributed by atoms with Gasteiger partial charge in [0, 0.05) is 55.6 Å². The minimum atomic E-state index is -0.310. The van der Waals surface area contributed by atoms with Gasteiger partial charge in [0.1, 0.15) is 12.0 Å². The van der Waals surface area contributed by atoms with Crippen molar-refractivity contribution in [1.82, 2.24) is 34.5 Å². The van der Waals surface area contributed by atoms with Gasteiger partial charge in [0.2, 0.25) is 0 Å². The van der Waals surface area contributed by atoms with Crippen molar-refractivity contribution in [2.45, 2.75) is 50.8 Å². The molecule has 2 aliphatic rings. The molecule has 33 heavy (non-hydrogen) atoms. The Morgan fingerprint density at radius 3 is 2.82 bits per heavy atom. The minimum Gasteiger partial charge on any atom is -0.447 e. The van der Waals surface area contributed by atoms with Gasteiger partial charge in [-0.15, -0.1) is 0 Å². The van der Waals surface area contributed by atoms with E-state index in [2.05, 4.69) is 31.0 Å². The van der Waals surface area contributed by atoms with Gasteiger partial charge in [0.05, 0.1) is 36.0 Å². The number of nitrogens with zero attached hydrogens (tertiary/aromatic N) is 7. The van der Waals surface area contributed by atoms with Gasteiger partial charge in [-0.1, -0.05) is 0 Å². The van der Waals surface area contributed by atoms with E-state index in [1.54, 1.807) is 11.2 Å². The van der Waals surface area contributed by atoms with Crippen LogP contribution in [0.2, 0.25) is 0 Å². The van der Waals surface area contributed by atoms with Crippen LogP contribution in [0.25, 0.3) is 22.3 Å². The Morgan fingerprint density at radius 2 is 2.09 bits per heavy atom. The zero-order valence-corrected chi connectivity index (χ0v) is 18.9. The van der Waals surface area contributed by atoms with E-state index in [-0.39, 0.29) is 17.7 Å². The highest BCUT2D eigenvalue weighted by Crippen LogP contribution is 2.45. The van der Waals surface area contributed by atoms with Gasteiger partial charge in [-0.25, -0.2) is 14.8 Å². The highest BCUT2D eigenvalue weighted by molar-refractivity contribution is 5.90. The number of carbonyl (C=O) groups is 1. The summed E-state index contributed by atoms with van der Waals surface area (Å²) in [6, 6.07) is 4.71.